The maximum absolute atomic E-state index is 11.2. The molecule has 0 heterocycles. The highest BCUT2D eigenvalue weighted by Gasteiger charge is 2.06. The molecule has 0 aliphatic heterocycles. The van der Waals surface area contributed by atoms with E-state index in [2.05, 4.69) is 4.74 Å². The van der Waals surface area contributed by atoms with E-state index in [9.17, 15) is 9.59 Å². The molecule has 0 saturated heterocycles. The molecule has 0 spiro atoms. The predicted octanol–water partition coefficient (Wildman–Crippen LogP) is 1.79. The third-order valence-corrected chi connectivity index (χ3v) is 2.64. The number of carbonyl (C=O) groups excluding carboxylic acids is 2. The summed E-state index contributed by atoms with van der Waals surface area (Å²) in [5, 5.41) is 0. The summed E-state index contributed by atoms with van der Waals surface area (Å²) in [6.07, 6.45) is 2.42. The van der Waals surface area contributed by atoms with Gasteiger partial charge in [0, 0.05) is 11.3 Å². The summed E-state index contributed by atoms with van der Waals surface area (Å²) >= 11 is 1.41. The predicted molar refractivity (Wildman–Crippen MR) is 64.3 cm³/mol. The second-order valence-corrected chi connectivity index (χ2v) is 3.92. The van der Waals surface area contributed by atoms with Crippen LogP contribution in [0.2, 0.25) is 0 Å². The van der Waals surface area contributed by atoms with Gasteiger partial charge in [0.1, 0.15) is 0 Å². The molecule has 0 atom stereocenters. The maximum atomic E-state index is 11.2. The highest BCUT2D eigenvalue weighted by atomic mass is 32.2. The summed E-state index contributed by atoms with van der Waals surface area (Å²) in [5.74, 6) is 0.385. The quantitative estimate of drug-likeness (QED) is 0.389. The Balaban J connectivity index is 3.88. The van der Waals surface area contributed by atoms with Crippen molar-refractivity contribution in [3.63, 3.8) is 0 Å². The summed E-state index contributed by atoms with van der Waals surface area (Å²) in [5.41, 5.74) is 0.638. The zero-order valence-electron chi connectivity index (χ0n) is 9.95. The van der Waals surface area contributed by atoms with Crippen molar-refractivity contribution >= 4 is 23.7 Å². The number of ether oxygens (including phenoxy) is 2. The van der Waals surface area contributed by atoms with E-state index in [1.165, 1.54) is 18.9 Å². The highest BCUT2D eigenvalue weighted by molar-refractivity contribution is 8.00. The number of hydrogen-bond acceptors (Lipinski definition) is 5. The van der Waals surface area contributed by atoms with Crippen LogP contribution in [0.1, 0.15) is 20.3 Å². The van der Waals surface area contributed by atoms with Gasteiger partial charge in [0.2, 0.25) is 0 Å². The molecule has 0 aromatic rings. The summed E-state index contributed by atoms with van der Waals surface area (Å²) in [6, 6.07) is 0. The van der Waals surface area contributed by atoms with Crippen molar-refractivity contribution in [1.82, 2.24) is 0 Å². The molecule has 5 heteroatoms. The molecule has 0 fully saturated rings. The molecular formula is C11H18O4S. The Morgan fingerprint density at radius 1 is 1.31 bits per heavy atom. The van der Waals surface area contributed by atoms with E-state index in [-0.39, 0.29) is 11.9 Å². The molecule has 0 radical (unpaired) electrons. The molecule has 0 bridgehead atoms. The van der Waals surface area contributed by atoms with Crippen molar-refractivity contribution in [2.45, 2.75) is 20.3 Å². The van der Waals surface area contributed by atoms with Crippen LogP contribution in [-0.4, -0.2) is 37.2 Å². The van der Waals surface area contributed by atoms with Crippen LogP contribution in [0.5, 0.6) is 0 Å². The van der Waals surface area contributed by atoms with Gasteiger partial charge < -0.3 is 9.47 Å². The van der Waals surface area contributed by atoms with Crippen LogP contribution < -0.4 is 0 Å². The zero-order valence-corrected chi connectivity index (χ0v) is 10.8. The minimum absolute atomic E-state index is 0.225. The Morgan fingerprint density at radius 3 is 2.50 bits per heavy atom. The third-order valence-electron chi connectivity index (χ3n) is 1.80. The Bertz CT molecular complexity index is 261. The largest absolute Gasteiger partial charge is 0.466 e. The van der Waals surface area contributed by atoms with E-state index >= 15 is 0 Å². The van der Waals surface area contributed by atoms with Crippen LogP contribution >= 0.6 is 11.8 Å². The van der Waals surface area contributed by atoms with Gasteiger partial charge in [-0.1, -0.05) is 13.0 Å². The standard InChI is InChI=1S/C11H18O4S/c1-4-9(11(13)14-3)6-7-16-8-10(12)15-5-2/h6H,4-5,7-8H2,1-3H3. The van der Waals surface area contributed by atoms with Crippen LogP contribution in [0, 0.1) is 0 Å². The smallest absolute Gasteiger partial charge is 0.333 e. The van der Waals surface area contributed by atoms with Crippen molar-refractivity contribution in [2.24, 2.45) is 0 Å². The fraction of sp³-hybridized carbons (Fsp3) is 0.636. The number of methoxy groups -OCH3 is 1. The Morgan fingerprint density at radius 2 is 2.00 bits per heavy atom. The number of rotatable bonds is 7. The monoisotopic (exact) mass is 246 g/mol. The first-order chi connectivity index (χ1) is 7.65. The van der Waals surface area contributed by atoms with E-state index < -0.39 is 0 Å². The average molecular weight is 246 g/mol. The van der Waals surface area contributed by atoms with Gasteiger partial charge in [-0.2, -0.15) is 0 Å². The van der Waals surface area contributed by atoms with Crippen LogP contribution in [0.25, 0.3) is 0 Å². The molecule has 16 heavy (non-hydrogen) atoms. The van der Waals surface area contributed by atoms with Crippen molar-refractivity contribution in [3.8, 4) is 0 Å². The Kier molecular flexibility index (Phi) is 8.71. The minimum Gasteiger partial charge on any atom is -0.466 e. The number of hydrogen-bond donors (Lipinski definition) is 0. The van der Waals surface area contributed by atoms with Gasteiger partial charge in [-0.15, -0.1) is 11.8 Å². The first-order valence-corrected chi connectivity index (χ1v) is 6.31. The lowest BCUT2D eigenvalue weighted by Crippen LogP contribution is -2.07. The molecule has 0 aliphatic carbocycles. The first kappa shape index (κ1) is 15.0. The van der Waals surface area contributed by atoms with E-state index in [0.29, 0.717) is 30.1 Å². The van der Waals surface area contributed by atoms with Gasteiger partial charge in [-0.05, 0) is 13.3 Å². The van der Waals surface area contributed by atoms with Crippen LogP contribution in [0.15, 0.2) is 11.6 Å². The topological polar surface area (TPSA) is 52.6 Å². The van der Waals surface area contributed by atoms with E-state index in [0.717, 1.165) is 0 Å². The molecule has 0 rings (SSSR count). The lowest BCUT2D eigenvalue weighted by atomic mass is 10.2. The number of thioether (sulfide) groups is 1. The SMILES string of the molecule is CCOC(=O)CSCC=C(CC)C(=O)OC. The Labute approximate surface area is 100 Å². The summed E-state index contributed by atoms with van der Waals surface area (Å²) in [7, 11) is 1.36. The zero-order chi connectivity index (χ0) is 12.4. The van der Waals surface area contributed by atoms with Crippen LogP contribution in [0.3, 0.4) is 0 Å². The minimum atomic E-state index is -0.306. The van der Waals surface area contributed by atoms with Crippen molar-refractivity contribution in [2.75, 3.05) is 25.2 Å². The summed E-state index contributed by atoms with van der Waals surface area (Å²) in [6.45, 7) is 4.06. The van der Waals surface area contributed by atoms with Gasteiger partial charge in [0.25, 0.3) is 0 Å². The van der Waals surface area contributed by atoms with E-state index in [1.807, 2.05) is 6.92 Å². The molecule has 0 saturated carbocycles. The second-order valence-electron chi connectivity index (χ2n) is 2.89. The van der Waals surface area contributed by atoms with E-state index in [1.54, 1.807) is 13.0 Å². The molecule has 4 nitrogen and oxygen atoms in total. The molecule has 0 aromatic carbocycles. The molecule has 92 valence electrons. The van der Waals surface area contributed by atoms with E-state index in [4.69, 9.17) is 4.74 Å². The van der Waals surface area contributed by atoms with Gasteiger partial charge >= 0.3 is 11.9 Å². The first-order valence-electron chi connectivity index (χ1n) is 5.16. The molecule has 0 aliphatic rings. The fourth-order valence-corrected chi connectivity index (χ4v) is 1.69. The van der Waals surface area contributed by atoms with Crippen molar-refractivity contribution < 1.29 is 19.1 Å². The number of esters is 2. The Hall–Kier alpha value is -0.970. The van der Waals surface area contributed by atoms with Crippen LogP contribution in [0.4, 0.5) is 0 Å². The van der Waals surface area contributed by atoms with Gasteiger partial charge in [-0.25, -0.2) is 4.79 Å². The molecule has 0 N–H and O–H groups in total. The molecule has 0 amide bonds. The summed E-state index contributed by atoms with van der Waals surface area (Å²) in [4.78, 5) is 22.2. The maximum Gasteiger partial charge on any atom is 0.333 e. The highest BCUT2D eigenvalue weighted by Crippen LogP contribution is 2.08. The van der Waals surface area contributed by atoms with Crippen LogP contribution in [-0.2, 0) is 19.1 Å². The molecule has 0 aromatic heterocycles. The van der Waals surface area contributed by atoms with Crippen molar-refractivity contribution in [1.29, 1.82) is 0 Å². The second kappa shape index (κ2) is 9.27. The number of carbonyl (C=O) groups is 2. The molecule has 0 unspecified atom stereocenters. The summed E-state index contributed by atoms with van der Waals surface area (Å²) < 4.78 is 9.38. The fourth-order valence-electron chi connectivity index (χ4n) is 1.01. The molecular weight excluding hydrogens is 228 g/mol. The average Bonchev–Trinajstić information content (AvgIpc) is 2.28. The van der Waals surface area contributed by atoms with Gasteiger partial charge in [-0.3, -0.25) is 4.79 Å². The van der Waals surface area contributed by atoms with Gasteiger partial charge in [0.15, 0.2) is 0 Å². The normalized spacial score (nSPS) is 11.1. The lowest BCUT2D eigenvalue weighted by molar-refractivity contribution is -0.140. The third kappa shape index (κ3) is 6.50. The van der Waals surface area contributed by atoms with Gasteiger partial charge in [0.05, 0.1) is 19.5 Å². The van der Waals surface area contributed by atoms with Crippen molar-refractivity contribution in [3.05, 3.63) is 11.6 Å². The lowest BCUT2D eigenvalue weighted by Gasteiger charge is -2.02.